The molecule has 0 bridgehead atoms. The van der Waals surface area contributed by atoms with Gasteiger partial charge in [-0.3, -0.25) is 14.5 Å². The molecule has 1 fully saturated rings. The number of Topliss-reactive ketones (excluding diaryl/α,β-unsaturated/α-hetero) is 1. The fourth-order valence-corrected chi connectivity index (χ4v) is 3.82. The van der Waals surface area contributed by atoms with Crippen molar-refractivity contribution < 1.29 is 28.6 Å². The minimum atomic E-state index is -1.02. The lowest BCUT2D eigenvalue weighted by molar-refractivity contribution is -0.132. The van der Waals surface area contributed by atoms with E-state index in [1.807, 2.05) is 0 Å². The highest BCUT2D eigenvalue weighted by atomic mass is 19.1. The van der Waals surface area contributed by atoms with Gasteiger partial charge in [-0.2, -0.15) is 0 Å². The second kappa shape index (κ2) is 8.55. The summed E-state index contributed by atoms with van der Waals surface area (Å²) in [7, 11) is 2.98. The zero-order chi connectivity index (χ0) is 22.8. The van der Waals surface area contributed by atoms with Crippen LogP contribution in [0.3, 0.4) is 0 Å². The fourth-order valence-electron chi connectivity index (χ4n) is 3.82. The Kier molecular flexibility index (Phi) is 5.64. The fraction of sp³-hybridized carbons (Fsp3) is 0.120. The maximum Gasteiger partial charge on any atom is 0.300 e. The van der Waals surface area contributed by atoms with Gasteiger partial charge >= 0.3 is 0 Å². The number of carbonyl (C=O) groups excluding carboxylic acids is 2. The molecule has 3 aromatic carbocycles. The number of rotatable bonds is 5. The topological polar surface area (TPSA) is 76.1 Å². The Labute approximate surface area is 184 Å². The summed E-state index contributed by atoms with van der Waals surface area (Å²) in [6.45, 7) is 0. The Morgan fingerprint density at radius 2 is 1.66 bits per heavy atom. The highest BCUT2D eigenvalue weighted by Gasteiger charge is 2.48. The lowest BCUT2D eigenvalue weighted by atomic mass is 9.94. The Morgan fingerprint density at radius 1 is 0.938 bits per heavy atom. The lowest BCUT2D eigenvalue weighted by Crippen LogP contribution is -2.29. The summed E-state index contributed by atoms with van der Waals surface area (Å²) < 4.78 is 24.6. The number of hydrogen-bond donors (Lipinski definition) is 1. The van der Waals surface area contributed by atoms with Crippen molar-refractivity contribution >= 4 is 23.1 Å². The van der Waals surface area contributed by atoms with Gasteiger partial charge in [0.25, 0.3) is 11.7 Å². The van der Waals surface area contributed by atoms with Gasteiger partial charge in [-0.25, -0.2) is 4.39 Å². The maximum atomic E-state index is 14.0. The van der Waals surface area contributed by atoms with Gasteiger partial charge in [-0.1, -0.05) is 24.3 Å². The van der Waals surface area contributed by atoms with E-state index < -0.39 is 23.5 Å². The zero-order valence-electron chi connectivity index (χ0n) is 17.4. The van der Waals surface area contributed by atoms with Crippen LogP contribution in [0.2, 0.25) is 0 Å². The number of nitrogens with zero attached hydrogens (tertiary/aromatic N) is 1. The summed E-state index contributed by atoms with van der Waals surface area (Å²) in [5, 5.41) is 11.1. The average molecular weight is 433 g/mol. The van der Waals surface area contributed by atoms with E-state index in [0.29, 0.717) is 22.6 Å². The number of ether oxygens (including phenoxy) is 2. The van der Waals surface area contributed by atoms with Crippen molar-refractivity contribution in [1.82, 2.24) is 0 Å². The SMILES string of the molecule is COc1ccc(/C(O)=C2\C(=O)C(=O)N(c3cccc(F)c3)C2c2ccccc2OC)cc1. The van der Waals surface area contributed by atoms with Crippen molar-refractivity contribution in [2.24, 2.45) is 0 Å². The molecule has 1 aliphatic heterocycles. The van der Waals surface area contributed by atoms with Gasteiger partial charge < -0.3 is 14.6 Å². The van der Waals surface area contributed by atoms with Crippen LogP contribution in [-0.4, -0.2) is 31.0 Å². The molecule has 0 radical (unpaired) electrons. The van der Waals surface area contributed by atoms with Crippen LogP contribution >= 0.6 is 0 Å². The molecular weight excluding hydrogens is 413 g/mol. The van der Waals surface area contributed by atoms with Gasteiger partial charge in [0.05, 0.1) is 25.8 Å². The van der Waals surface area contributed by atoms with Crippen molar-refractivity contribution in [3.63, 3.8) is 0 Å². The van der Waals surface area contributed by atoms with Gasteiger partial charge in [0.1, 0.15) is 23.1 Å². The number of anilines is 1. The molecule has 1 atom stereocenters. The van der Waals surface area contributed by atoms with E-state index in [-0.39, 0.29) is 17.0 Å². The van der Waals surface area contributed by atoms with Crippen LogP contribution in [0.1, 0.15) is 17.2 Å². The molecule has 1 saturated heterocycles. The molecule has 1 amide bonds. The quantitative estimate of drug-likeness (QED) is 0.365. The van der Waals surface area contributed by atoms with E-state index in [0.717, 1.165) is 0 Å². The molecule has 1 unspecified atom stereocenters. The minimum absolute atomic E-state index is 0.117. The van der Waals surface area contributed by atoms with Gasteiger partial charge in [0, 0.05) is 16.8 Å². The van der Waals surface area contributed by atoms with Crippen LogP contribution < -0.4 is 14.4 Å². The Balaban J connectivity index is 1.96. The number of aliphatic hydroxyl groups excluding tert-OH is 1. The van der Waals surface area contributed by atoms with E-state index in [2.05, 4.69) is 0 Å². The number of carbonyl (C=O) groups is 2. The van der Waals surface area contributed by atoms with Gasteiger partial charge in [-0.15, -0.1) is 0 Å². The van der Waals surface area contributed by atoms with Crippen molar-refractivity contribution in [3.05, 3.63) is 95.3 Å². The third-order valence-electron chi connectivity index (χ3n) is 5.33. The van der Waals surface area contributed by atoms with Crippen molar-refractivity contribution in [2.45, 2.75) is 6.04 Å². The Morgan fingerprint density at radius 3 is 2.31 bits per heavy atom. The predicted octanol–water partition coefficient (Wildman–Crippen LogP) is 4.47. The van der Waals surface area contributed by atoms with Crippen molar-refractivity contribution in [3.8, 4) is 11.5 Å². The predicted molar refractivity (Wildman–Crippen MR) is 117 cm³/mol. The van der Waals surface area contributed by atoms with Gasteiger partial charge in [0.15, 0.2) is 0 Å². The monoisotopic (exact) mass is 433 g/mol. The largest absolute Gasteiger partial charge is 0.507 e. The van der Waals surface area contributed by atoms with Crippen molar-refractivity contribution in [2.75, 3.05) is 19.1 Å². The molecular formula is C25H20FNO5. The summed E-state index contributed by atoms with van der Waals surface area (Å²) in [5.41, 5.74) is 0.891. The van der Waals surface area contributed by atoms with E-state index in [1.54, 1.807) is 48.5 Å². The zero-order valence-corrected chi connectivity index (χ0v) is 17.4. The number of hydrogen-bond acceptors (Lipinski definition) is 5. The maximum absolute atomic E-state index is 14.0. The number of para-hydroxylation sites is 1. The normalized spacial score (nSPS) is 17.5. The first kappa shape index (κ1) is 21.1. The molecule has 0 aromatic heterocycles. The van der Waals surface area contributed by atoms with Crippen molar-refractivity contribution in [1.29, 1.82) is 0 Å². The average Bonchev–Trinajstić information content (AvgIpc) is 3.09. The van der Waals surface area contributed by atoms with Gasteiger partial charge in [-0.05, 0) is 48.5 Å². The summed E-state index contributed by atoms with van der Waals surface area (Å²) in [5.74, 6) is -1.66. The first-order valence-electron chi connectivity index (χ1n) is 9.80. The Hall–Kier alpha value is -4.13. The van der Waals surface area contributed by atoms with Gasteiger partial charge in [0.2, 0.25) is 0 Å². The van der Waals surface area contributed by atoms with Crippen LogP contribution in [0.25, 0.3) is 5.76 Å². The number of halogens is 1. The van der Waals surface area contributed by atoms with E-state index in [1.165, 1.54) is 43.4 Å². The molecule has 1 heterocycles. The molecule has 4 rings (SSSR count). The molecule has 3 aromatic rings. The summed E-state index contributed by atoms with van der Waals surface area (Å²) in [6.07, 6.45) is 0. The van der Waals surface area contributed by atoms with E-state index >= 15 is 0 Å². The van der Waals surface area contributed by atoms with Crippen LogP contribution in [0.5, 0.6) is 11.5 Å². The summed E-state index contributed by atoms with van der Waals surface area (Å²) in [4.78, 5) is 27.4. The summed E-state index contributed by atoms with van der Waals surface area (Å²) >= 11 is 0. The third-order valence-corrected chi connectivity index (χ3v) is 5.33. The first-order chi connectivity index (χ1) is 15.5. The molecule has 162 valence electrons. The minimum Gasteiger partial charge on any atom is -0.507 e. The lowest BCUT2D eigenvalue weighted by Gasteiger charge is -2.26. The van der Waals surface area contributed by atoms with Crippen LogP contribution in [0, 0.1) is 5.82 Å². The standard InChI is InChI=1S/C25H20FNO5/c1-31-18-12-10-15(11-13-18)23(28)21-22(19-8-3-4-9-20(19)32-2)27(25(30)24(21)29)17-7-5-6-16(26)14-17/h3-14,22,28H,1-2H3/b23-21+. The number of aliphatic hydroxyl groups is 1. The number of ketones is 1. The highest BCUT2D eigenvalue weighted by molar-refractivity contribution is 6.51. The molecule has 0 saturated carbocycles. The third kappa shape index (κ3) is 3.58. The number of methoxy groups -OCH3 is 2. The molecule has 6 nitrogen and oxygen atoms in total. The number of amides is 1. The smallest absolute Gasteiger partial charge is 0.300 e. The van der Waals surface area contributed by atoms with Crippen LogP contribution in [0.4, 0.5) is 10.1 Å². The highest BCUT2D eigenvalue weighted by Crippen LogP contribution is 2.44. The molecule has 0 aliphatic carbocycles. The van der Waals surface area contributed by atoms with E-state index in [4.69, 9.17) is 9.47 Å². The van der Waals surface area contributed by atoms with E-state index in [9.17, 15) is 19.1 Å². The second-order valence-electron chi connectivity index (χ2n) is 7.12. The number of benzene rings is 3. The molecule has 1 aliphatic rings. The first-order valence-corrected chi connectivity index (χ1v) is 9.80. The molecule has 1 N–H and O–H groups in total. The Bertz CT molecular complexity index is 1220. The van der Waals surface area contributed by atoms with Crippen LogP contribution in [-0.2, 0) is 9.59 Å². The summed E-state index contributed by atoms with van der Waals surface area (Å²) in [6, 6.07) is 17.7. The molecule has 32 heavy (non-hydrogen) atoms. The molecule has 7 heteroatoms. The molecule has 0 spiro atoms. The second-order valence-corrected chi connectivity index (χ2v) is 7.12. The van der Waals surface area contributed by atoms with Crippen LogP contribution in [0.15, 0.2) is 78.4 Å².